The van der Waals surface area contributed by atoms with Crippen LogP contribution in [0.2, 0.25) is 0 Å². The fourth-order valence-electron chi connectivity index (χ4n) is 2.37. The SMILES string of the molecule is CN(C)c1ccc(/C=N\n2cnnc2-c2ccccc2)cc1[N+](=O)[O-]. The van der Waals surface area contributed by atoms with Gasteiger partial charge in [-0.1, -0.05) is 36.4 Å². The van der Waals surface area contributed by atoms with E-state index in [2.05, 4.69) is 15.3 Å². The summed E-state index contributed by atoms with van der Waals surface area (Å²) in [4.78, 5) is 12.6. The van der Waals surface area contributed by atoms with E-state index in [1.54, 1.807) is 37.3 Å². The van der Waals surface area contributed by atoms with Crippen LogP contribution in [0.25, 0.3) is 11.4 Å². The number of nitrogens with zero attached hydrogens (tertiary/aromatic N) is 6. The number of hydrogen-bond donors (Lipinski definition) is 0. The molecule has 3 aromatic rings. The fourth-order valence-corrected chi connectivity index (χ4v) is 2.37. The maximum absolute atomic E-state index is 11.3. The minimum Gasteiger partial charge on any atom is -0.372 e. The van der Waals surface area contributed by atoms with Crippen molar-refractivity contribution in [1.29, 1.82) is 0 Å². The van der Waals surface area contributed by atoms with E-state index in [0.717, 1.165) is 5.56 Å². The molecule has 0 aliphatic rings. The highest BCUT2D eigenvalue weighted by Gasteiger charge is 2.15. The van der Waals surface area contributed by atoms with Crippen LogP contribution >= 0.6 is 0 Å². The molecule has 0 saturated heterocycles. The highest BCUT2D eigenvalue weighted by molar-refractivity contribution is 5.83. The van der Waals surface area contributed by atoms with Gasteiger partial charge in [0.2, 0.25) is 0 Å². The van der Waals surface area contributed by atoms with Crippen molar-refractivity contribution in [2.75, 3.05) is 19.0 Å². The van der Waals surface area contributed by atoms with Gasteiger partial charge in [0.25, 0.3) is 5.69 Å². The van der Waals surface area contributed by atoms with Gasteiger partial charge in [-0.15, -0.1) is 10.2 Å². The lowest BCUT2D eigenvalue weighted by Crippen LogP contribution is -2.11. The minimum atomic E-state index is -0.402. The Hall–Kier alpha value is -3.55. The number of nitro benzene ring substituents is 1. The van der Waals surface area contributed by atoms with Crippen LogP contribution in [0.4, 0.5) is 11.4 Å². The largest absolute Gasteiger partial charge is 0.372 e. The Morgan fingerprint density at radius 3 is 2.64 bits per heavy atom. The molecule has 0 atom stereocenters. The van der Waals surface area contributed by atoms with Crippen LogP contribution < -0.4 is 4.90 Å². The molecule has 0 aliphatic carbocycles. The molecule has 0 aliphatic heterocycles. The molecule has 1 aromatic heterocycles. The van der Waals surface area contributed by atoms with Gasteiger partial charge >= 0.3 is 0 Å². The minimum absolute atomic E-state index is 0.0287. The molecule has 0 amide bonds. The molecule has 3 rings (SSSR count). The van der Waals surface area contributed by atoms with Gasteiger partial charge in [-0.25, -0.2) is 0 Å². The molecule has 25 heavy (non-hydrogen) atoms. The Morgan fingerprint density at radius 1 is 1.20 bits per heavy atom. The summed E-state index contributed by atoms with van der Waals surface area (Å²) in [6.45, 7) is 0. The Kier molecular flexibility index (Phi) is 4.51. The van der Waals surface area contributed by atoms with E-state index in [4.69, 9.17) is 0 Å². The van der Waals surface area contributed by atoms with Gasteiger partial charge in [0, 0.05) is 31.3 Å². The summed E-state index contributed by atoms with van der Waals surface area (Å²) < 4.78 is 1.53. The zero-order valence-corrected chi connectivity index (χ0v) is 13.8. The van der Waals surface area contributed by atoms with Crippen LogP contribution in [0.1, 0.15) is 5.56 Å². The third kappa shape index (κ3) is 3.52. The normalized spacial score (nSPS) is 11.0. The smallest absolute Gasteiger partial charge is 0.293 e. The van der Waals surface area contributed by atoms with Crippen LogP contribution in [0.5, 0.6) is 0 Å². The second-order valence-electron chi connectivity index (χ2n) is 5.51. The molecular weight excluding hydrogens is 320 g/mol. The average Bonchev–Trinajstić information content (AvgIpc) is 3.09. The van der Waals surface area contributed by atoms with Crippen molar-refractivity contribution in [1.82, 2.24) is 14.9 Å². The molecule has 0 bridgehead atoms. The Bertz CT molecular complexity index is 918. The number of nitro groups is 1. The van der Waals surface area contributed by atoms with Gasteiger partial charge in [0.1, 0.15) is 12.0 Å². The number of benzene rings is 2. The van der Waals surface area contributed by atoms with Gasteiger partial charge in [0.15, 0.2) is 5.82 Å². The molecular formula is C17H16N6O2. The number of anilines is 1. The summed E-state index contributed by atoms with van der Waals surface area (Å²) in [6.07, 6.45) is 3.03. The van der Waals surface area contributed by atoms with Crippen LogP contribution in [0.15, 0.2) is 60.0 Å². The van der Waals surface area contributed by atoms with Gasteiger partial charge in [-0.3, -0.25) is 10.1 Å². The van der Waals surface area contributed by atoms with Crippen molar-refractivity contribution < 1.29 is 4.92 Å². The lowest BCUT2D eigenvalue weighted by Gasteiger charge is -2.12. The molecule has 0 saturated carbocycles. The Morgan fingerprint density at radius 2 is 1.96 bits per heavy atom. The fraction of sp³-hybridized carbons (Fsp3) is 0.118. The van der Waals surface area contributed by atoms with E-state index in [1.165, 1.54) is 17.1 Å². The highest BCUT2D eigenvalue weighted by Crippen LogP contribution is 2.27. The number of rotatable bonds is 5. The van der Waals surface area contributed by atoms with E-state index in [0.29, 0.717) is 17.1 Å². The van der Waals surface area contributed by atoms with Crippen molar-refractivity contribution in [3.05, 3.63) is 70.5 Å². The molecule has 0 fully saturated rings. The molecule has 8 heteroatoms. The lowest BCUT2D eigenvalue weighted by atomic mass is 10.2. The van der Waals surface area contributed by atoms with E-state index < -0.39 is 4.92 Å². The molecule has 126 valence electrons. The molecule has 0 spiro atoms. The average molecular weight is 336 g/mol. The maximum Gasteiger partial charge on any atom is 0.293 e. The first-order valence-electron chi connectivity index (χ1n) is 7.52. The van der Waals surface area contributed by atoms with Gasteiger partial charge in [-0.2, -0.15) is 9.78 Å². The molecule has 1 heterocycles. The molecule has 0 radical (unpaired) electrons. The monoisotopic (exact) mass is 336 g/mol. The first kappa shape index (κ1) is 16.3. The maximum atomic E-state index is 11.3. The zero-order chi connectivity index (χ0) is 17.8. The molecule has 2 aromatic carbocycles. The van der Waals surface area contributed by atoms with Crippen molar-refractivity contribution >= 4 is 17.6 Å². The predicted molar refractivity (Wildman–Crippen MR) is 95.9 cm³/mol. The summed E-state index contributed by atoms with van der Waals surface area (Å²) in [5.41, 5.74) is 2.06. The third-order valence-corrected chi connectivity index (χ3v) is 3.57. The van der Waals surface area contributed by atoms with Crippen molar-refractivity contribution in [2.45, 2.75) is 0 Å². The van der Waals surface area contributed by atoms with Crippen LogP contribution in [0.3, 0.4) is 0 Å². The molecule has 0 N–H and O–H groups in total. The highest BCUT2D eigenvalue weighted by atomic mass is 16.6. The first-order chi connectivity index (χ1) is 12.1. The van der Waals surface area contributed by atoms with E-state index in [9.17, 15) is 10.1 Å². The lowest BCUT2D eigenvalue weighted by molar-refractivity contribution is -0.384. The summed E-state index contributed by atoms with van der Waals surface area (Å²) in [6, 6.07) is 14.5. The zero-order valence-electron chi connectivity index (χ0n) is 13.8. The van der Waals surface area contributed by atoms with E-state index >= 15 is 0 Å². The van der Waals surface area contributed by atoms with Crippen molar-refractivity contribution in [2.24, 2.45) is 5.10 Å². The summed E-state index contributed by atoms with van der Waals surface area (Å²) in [7, 11) is 3.53. The summed E-state index contributed by atoms with van der Waals surface area (Å²) in [5, 5.41) is 23.5. The van der Waals surface area contributed by atoms with Gasteiger partial charge < -0.3 is 4.90 Å². The van der Waals surface area contributed by atoms with Gasteiger partial charge in [-0.05, 0) is 6.07 Å². The van der Waals surface area contributed by atoms with E-state index in [-0.39, 0.29) is 5.69 Å². The number of hydrogen-bond acceptors (Lipinski definition) is 6. The standard InChI is InChI=1S/C17H16N6O2/c1-21(2)15-9-8-13(10-16(15)23(24)25)11-19-22-12-18-20-17(22)14-6-4-3-5-7-14/h3-12H,1-2H3/b19-11-. The van der Waals surface area contributed by atoms with Crippen LogP contribution in [-0.2, 0) is 0 Å². The Balaban J connectivity index is 1.92. The second-order valence-corrected chi connectivity index (χ2v) is 5.51. The Labute approximate surface area is 144 Å². The van der Waals surface area contributed by atoms with Crippen molar-refractivity contribution in [3.8, 4) is 11.4 Å². The van der Waals surface area contributed by atoms with Crippen LogP contribution in [0, 0.1) is 10.1 Å². The van der Waals surface area contributed by atoms with Crippen molar-refractivity contribution in [3.63, 3.8) is 0 Å². The third-order valence-electron chi connectivity index (χ3n) is 3.57. The summed E-state index contributed by atoms with van der Waals surface area (Å²) in [5.74, 6) is 0.594. The van der Waals surface area contributed by atoms with Gasteiger partial charge in [0.05, 0.1) is 11.1 Å². The second kappa shape index (κ2) is 6.91. The molecule has 0 unspecified atom stereocenters. The molecule has 8 nitrogen and oxygen atoms in total. The topological polar surface area (TPSA) is 89.5 Å². The summed E-state index contributed by atoms with van der Waals surface area (Å²) >= 11 is 0. The van der Waals surface area contributed by atoms with E-state index in [1.807, 2.05) is 30.3 Å². The number of aromatic nitrogens is 3. The predicted octanol–water partition coefficient (Wildman–Crippen LogP) is 2.80. The van der Waals surface area contributed by atoms with Crippen LogP contribution in [-0.4, -0.2) is 40.1 Å². The quantitative estimate of drug-likeness (QED) is 0.406. The first-order valence-corrected chi connectivity index (χ1v) is 7.52.